The Kier molecular flexibility index (Phi) is 2.40. The molecular weight excluding hydrogens is 210 g/mol. The lowest BCUT2D eigenvalue weighted by Crippen LogP contribution is -1.84. The minimum atomic E-state index is 0.524. The average Bonchev–Trinajstić information content (AvgIpc) is 3.10. The van der Waals surface area contributed by atoms with Crippen LogP contribution in [0.1, 0.15) is 49.0 Å². The minimum Gasteiger partial charge on any atom is -0.445 e. The van der Waals surface area contributed by atoms with Gasteiger partial charge in [0.15, 0.2) is 0 Å². The molecule has 3 rings (SSSR count). The molecule has 2 heteroatoms. The molecule has 0 aliphatic heterocycles. The number of nitrogens with zero attached hydrogens (tertiary/aromatic N) is 1. The number of nitriles is 1. The van der Waals surface area contributed by atoms with Crippen LogP contribution >= 0.6 is 0 Å². The van der Waals surface area contributed by atoms with Crippen LogP contribution < -0.4 is 0 Å². The zero-order chi connectivity index (χ0) is 11.8. The molecule has 0 bridgehead atoms. The van der Waals surface area contributed by atoms with Crippen molar-refractivity contribution in [3.8, 4) is 6.07 Å². The monoisotopic (exact) mass is 225 g/mol. The summed E-state index contributed by atoms with van der Waals surface area (Å²) in [5, 5.41) is 10.3. The topological polar surface area (TPSA) is 36.9 Å². The van der Waals surface area contributed by atoms with Crippen LogP contribution in [0.2, 0.25) is 0 Å². The molecule has 0 amide bonds. The first kappa shape index (κ1) is 10.4. The van der Waals surface area contributed by atoms with Crippen LogP contribution in [-0.4, -0.2) is 0 Å². The standard InChI is InChI=1S/C15H15NO/c1-2-3-10-4-7-13-12(8-10)15(11-5-6-11)14(9-16)17-13/h4,7-8,11H,2-3,5-6H2,1H3. The van der Waals surface area contributed by atoms with E-state index in [1.54, 1.807) is 0 Å². The van der Waals surface area contributed by atoms with Gasteiger partial charge in [0.1, 0.15) is 11.7 Å². The quantitative estimate of drug-likeness (QED) is 0.787. The Labute approximate surface area is 101 Å². The van der Waals surface area contributed by atoms with Gasteiger partial charge < -0.3 is 4.42 Å². The van der Waals surface area contributed by atoms with E-state index in [0.717, 1.165) is 29.4 Å². The molecule has 1 aromatic carbocycles. The Hall–Kier alpha value is -1.75. The molecule has 1 aliphatic carbocycles. The molecule has 0 radical (unpaired) electrons. The smallest absolute Gasteiger partial charge is 0.208 e. The second kappa shape index (κ2) is 3.92. The summed E-state index contributed by atoms with van der Waals surface area (Å²) in [6.07, 6.45) is 4.63. The first-order chi connectivity index (χ1) is 8.33. The summed E-state index contributed by atoms with van der Waals surface area (Å²) >= 11 is 0. The van der Waals surface area contributed by atoms with Crippen molar-refractivity contribution in [2.24, 2.45) is 0 Å². The number of aryl methyl sites for hydroxylation is 1. The average molecular weight is 225 g/mol. The van der Waals surface area contributed by atoms with Crippen LogP contribution in [0.25, 0.3) is 11.0 Å². The predicted molar refractivity (Wildman–Crippen MR) is 66.9 cm³/mol. The third kappa shape index (κ3) is 1.72. The van der Waals surface area contributed by atoms with E-state index in [1.165, 1.54) is 18.4 Å². The van der Waals surface area contributed by atoms with Crippen molar-refractivity contribution in [1.82, 2.24) is 0 Å². The maximum atomic E-state index is 9.13. The summed E-state index contributed by atoms with van der Waals surface area (Å²) in [5.41, 5.74) is 3.36. The number of hydrogen-bond donors (Lipinski definition) is 0. The number of fused-ring (bicyclic) bond motifs is 1. The Morgan fingerprint density at radius 1 is 1.41 bits per heavy atom. The van der Waals surface area contributed by atoms with Gasteiger partial charge in [-0.2, -0.15) is 5.26 Å². The molecule has 2 nitrogen and oxygen atoms in total. The molecule has 1 aliphatic rings. The van der Waals surface area contributed by atoms with E-state index < -0.39 is 0 Å². The summed E-state index contributed by atoms with van der Waals surface area (Å²) in [4.78, 5) is 0. The lowest BCUT2D eigenvalue weighted by atomic mass is 10.0. The molecule has 1 aromatic heterocycles. The molecule has 1 saturated carbocycles. The highest BCUT2D eigenvalue weighted by molar-refractivity contribution is 5.85. The molecule has 0 N–H and O–H groups in total. The lowest BCUT2D eigenvalue weighted by Gasteiger charge is -1.99. The third-order valence-electron chi connectivity index (χ3n) is 3.42. The highest BCUT2D eigenvalue weighted by atomic mass is 16.3. The van der Waals surface area contributed by atoms with Gasteiger partial charge in [-0.15, -0.1) is 0 Å². The number of furan rings is 1. The van der Waals surface area contributed by atoms with Gasteiger partial charge >= 0.3 is 0 Å². The fraction of sp³-hybridized carbons (Fsp3) is 0.400. The Balaban J connectivity index is 2.19. The second-order valence-corrected chi connectivity index (χ2v) is 4.81. The van der Waals surface area contributed by atoms with Gasteiger partial charge in [-0.25, -0.2) is 0 Å². The van der Waals surface area contributed by atoms with Crippen molar-refractivity contribution in [3.63, 3.8) is 0 Å². The van der Waals surface area contributed by atoms with E-state index in [2.05, 4.69) is 25.1 Å². The Morgan fingerprint density at radius 3 is 2.88 bits per heavy atom. The lowest BCUT2D eigenvalue weighted by molar-refractivity contribution is 0.593. The van der Waals surface area contributed by atoms with Crippen molar-refractivity contribution >= 4 is 11.0 Å². The van der Waals surface area contributed by atoms with Crippen molar-refractivity contribution < 1.29 is 4.42 Å². The van der Waals surface area contributed by atoms with Crippen molar-refractivity contribution in [1.29, 1.82) is 5.26 Å². The molecule has 0 unspecified atom stereocenters. The number of hydrogen-bond acceptors (Lipinski definition) is 2. The van der Waals surface area contributed by atoms with E-state index in [9.17, 15) is 0 Å². The first-order valence-electron chi connectivity index (χ1n) is 6.29. The normalized spacial score (nSPS) is 15.1. The molecular formula is C15H15NO. The summed E-state index contributed by atoms with van der Waals surface area (Å²) in [7, 11) is 0. The third-order valence-corrected chi connectivity index (χ3v) is 3.42. The molecule has 17 heavy (non-hydrogen) atoms. The van der Waals surface area contributed by atoms with Crippen molar-refractivity contribution in [2.75, 3.05) is 0 Å². The van der Waals surface area contributed by atoms with Gasteiger partial charge in [-0.1, -0.05) is 19.4 Å². The van der Waals surface area contributed by atoms with Crippen molar-refractivity contribution in [2.45, 2.75) is 38.5 Å². The molecule has 0 spiro atoms. The maximum Gasteiger partial charge on any atom is 0.208 e. The fourth-order valence-corrected chi connectivity index (χ4v) is 2.47. The Morgan fingerprint density at radius 2 is 2.24 bits per heavy atom. The summed E-state index contributed by atoms with van der Waals surface area (Å²) in [6, 6.07) is 8.51. The number of benzene rings is 1. The van der Waals surface area contributed by atoms with E-state index in [0.29, 0.717) is 11.7 Å². The van der Waals surface area contributed by atoms with Crippen LogP contribution in [0.15, 0.2) is 22.6 Å². The van der Waals surface area contributed by atoms with Gasteiger partial charge in [0.05, 0.1) is 0 Å². The molecule has 1 fully saturated rings. The van der Waals surface area contributed by atoms with Gasteiger partial charge in [-0.3, -0.25) is 0 Å². The highest BCUT2D eigenvalue weighted by Crippen LogP contribution is 2.46. The van der Waals surface area contributed by atoms with Gasteiger partial charge in [0.2, 0.25) is 5.76 Å². The second-order valence-electron chi connectivity index (χ2n) is 4.81. The number of rotatable bonds is 3. The molecule has 0 saturated heterocycles. The van der Waals surface area contributed by atoms with Crippen LogP contribution in [-0.2, 0) is 6.42 Å². The molecule has 1 heterocycles. The van der Waals surface area contributed by atoms with Crippen LogP contribution in [0.3, 0.4) is 0 Å². The van der Waals surface area contributed by atoms with Gasteiger partial charge in [-0.05, 0) is 42.9 Å². The molecule has 0 atom stereocenters. The first-order valence-corrected chi connectivity index (χ1v) is 6.29. The van der Waals surface area contributed by atoms with Gasteiger partial charge in [0.25, 0.3) is 0 Å². The summed E-state index contributed by atoms with van der Waals surface area (Å²) < 4.78 is 5.62. The molecule has 2 aromatic rings. The van der Waals surface area contributed by atoms with E-state index in [-0.39, 0.29) is 0 Å². The fourth-order valence-electron chi connectivity index (χ4n) is 2.47. The minimum absolute atomic E-state index is 0.524. The SMILES string of the molecule is CCCc1ccc2oc(C#N)c(C3CC3)c2c1. The Bertz CT molecular complexity index is 599. The molecule has 86 valence electrons. The zero-order valence-electron chi connectivity index (χ0n) is 9.99. The highest BCUT2D eigenvalue weighted by Gasteiger charge is 2.30. The summed E-state index contributed by atoms with van der Waals surface area (Å²) in [6.45, 7) is 2.18. The largest absolute Gasteiger partial charge is 0.445 e. The van der Waals surface area contributed by atoms with E-state index >= 15 is 0 Å². The van der Waals surface area contributed by atoms with E-state index in [1.807, 2.05) is 6.07 Å². The summed E-state index contributed by atoms with van der Waals surface area (Å²) in [5.74, 6) is 1.08. The van der Waals surface area contributed by atoms with Crippen LogP contribution in [0.5, 0.6) is 0 Å². The van der Waals surface area contributed by atoms with E-state index in [4.69, 9.17) is 9.68 Å². The zero-order valence-corrected chi connectivity index (χ0v) is 9.99. The van der Waals surface area contributed by atoms with Crippen LogP contribution in [0, 0.1) is 11.3 Å². The van der Waals surface area contributed by atoms with Gasteiger partial charge in [0, 0.05) is 10.9 Å². The van der Waals surface area contributed by atoms with Crippen molar-refractivity contribution in [3.05, 3.63) is 35.1 Å². The van der Waals surface area contributed by atoms with Crippen LogP contribution in [0.4, 0.5) is 0 Å². The predicted octanol–water partition coefficient (Wildman–Crippen LogP) is 4.13. The maximum absolute atomic E-state index is 9.13.